The molecule has 31 heavy (non-hydrogen) atoms. The number of hydrogen-bond donors (Lipinski definition) is 2. The Labute approximate surface area is 183 Å². The minimum absolute atomic E-state index is 0.0566. The Morgan fingerprint density at radius 2 is 1.84 bits per heavy atom. The van der Waals surface area contributed by atoms with Crippen LogP contribution in [0.25, 0.3) is 0 Å². The van der Waals surface area contributed by atoms with Crippen LogP contribution in [0.5, 0.6) is 5.75 Å². The van der Waals surface area contributed by atoms with Crippen molar-refractivity contribution in [1.82, 2.24) is 4.98 Å². The van der Waals surface area contributed by atoms with E-state index in [9.17, 15) is 14.4 Å². The normalized spacial score (nSPS) is 10.4. The van der Waals surface area contributed by atoms with E-state index in [-0.39, 0.29) is 36.9 Å². The average Bonchev–Trinajstić information content (AvgIpc) is 3.19. The summed E-state index contributed by atoms with van der Waals surface area (Å²) < 4.78 is 10.5. The number of nitrogens with one attached hydrogen (secondary N) is 1. The van der Waals surface area contributed by atoms with Crippen molar-refractivity contribution in [1.29, 1.82) is 0 Å². The maximum atomic E-state index is 12.4. The van der Waals surface area contributed by atoms with E-state index in [2.05, 4.69) is 10.3 Å². The number of amides is 2. The van der Waals surface area contributed by atoms with E-state index in [1.165, 1.54) is 17.4 Å². The molecule has 3 rings (SSSR count). The number of aryl methyl sites for hydroxylation is 1. The molecule has 0 fully saturated rings. The zero-order chi connectivity index (χ0) is 22.2. The third kappa shape index (κ3) is 6.38. The molecule has 1 aromatic heterocycles. The van der Waals surface area contributed by atoms with Crippen molar-refractivity contribution in [2.75, 3.05) is 11.9 Å². The number of esters is 1. The molecule has 3 N–H and O–H groups in total. The third-order valence-electron chi connectivity index (χ3n) is 4.16. The summed E-state index contributed by atoms with van der Waals surface area (Å²) in [5, 5.41) is 5.21. The summed E-state index contributed by atoms with van der Waals surface area (Å²) >= 11 is 1.32. The van der Waals surface area contributed by atoms with Crippen LogP contribution in [0.1, 0.15) is 26.6 Å². The van der Waals surface area contributed by atoms with Crippen molar-refractivity contribution in [3.8, 4) is 5.75 Å². The Hall–Kier alpha value is -3.72. The first-order chi connectivity index (χ1) is 14.9. The molecule has 0 aliphatic carbocycles. The van der Waals surface area contributed by atoms with Crippen molar-refractivity contribution in [3.05, 3.63) is 75.7 Å². The number of anilines is 1. The number of para-hydroxylation sites is 2. The number of hydrogen-bond acceptors (Lipinski definition) is 7. The number of ether oxygens (including phenoxy) is 2. The number of benzene rings is 2. The maximum absolute atomic E-state index is 12.4. The second-order valence-corrected chi connectivity index (χ2v) is 7.54. The predicted molar refractivity (Wildman–Crippen MR) is 116 cm³/mol. The van der Waals surface area contributed by atoms with Crippen LogP contribution in [0.4, 0.5) is 5.69 Å². The molecule has 3 aromatic rings. The Balaban J connectivity index is 1.54. The molecular weight excluding hydrogens is 418 g/mol. The van der Waals surface area contributed by atoms with Gasteiger partial charge >= 0.3 is 5.97 Å². The molecule has 0 aliphatic heterocycles. The minimum atomic E-state index is -0.648. The molecule has 0 aliphatic rings. The number of carbonyl (C=O) groups is 3. The maximum Gasteiger partial charge on any atom is 0.342 e. The highest BCUT2D eigenvalue weighted by atomic mass is 32.1. The molecule has 0 bridgehead atoms. The van der Waals surface area contributed by atoms with Gasteiger partial charge in [-0.3, -0.25) is 9.59 Å². The lowest BCUT2D eigenvalue weighted by Gasteiger charge is -2.09. The Kier molecular flexibility index (Phi) is 7.34. The van der Waals surface area contributed by atoms with Crippen molar-refractivity contribution < 1.29 is 23.9 Å². The molecule has 160 valence electrons. The first-order valence-electron chi connectivity index (χ1n) is 9.38. The predicted octanol–water partition coefficient (Wildman–Crippen LogP) is 2.85. The highest BCUT2D eigenvalue weighted by Gasteiger charge is 2.16. The average molecular weight is 439 g/mol. The van der Waals surface area contributed by atoms with E-state index in [1.807, 2.05) is 31.2 Å². The molecule has 0 unspecified atom stereocenters. The second-order valence-electron chi connectivity index (χ2n) is 6.60. The van der Waals surface area contributed by atoms with Gasteiger partial charge < -0.3 is 20.5 Å². The van der Waals surface area contributed by atoms with Gasteiger partial charge in [-0.1, -0.05) is 30.3 Å². The SMILES string of the molecule is Cc1ccccc1NC(=O)Cc1nc(COC(=O)c2ccccc2OCC(N)=O)cs1. The first kappa shape index (κ1) is 22.0. The van der Waals surface area contributed by atoms with Crippen molar-refractivity contribution in [3.63, 3.8) is 0 Å². The van der Waals surface area contributed by atoms with E-state index in [4.69, 9.17) is 15.2 Å². The standard InChI is InChI=1S/C22H21N3O5S/c1-14-6-2-4-8-17(14)25-20(27)10-21-24-15(13-31-21)11-30-22(28)16-7-3-5-9-18(16)29-12-19(23)26/h2-9,13H,10-12H2,1H3,(H2,23,26)(H,25,27). The summed E-state index contributed by atoms with van der Waals surface area (Å²) in [6.45, 7) is 1.52. The number of aromatic nitrogens is 1. The summed E-state index contributed by atoms with van der Waals surface area (Å²) in [4.78, 5) is 39.9. The van der Waals surface area contributed by atoms with Gasteiger partial charge in [-0.15, -0.1) is 11.3 Å². The number of nitrogens with two attached hydrogens (primary N) is 1. The zero-order valence-electron chi connectivity index (χ0n) is 16.8. The molecule has 9 heteroatoms. The quantitative estimate of drug-likeness (QED) is 0.495. The highest BCUT2D eigenvalue weighted by molar-refractivity contribution is 7.09. The molecule has 2 aromatic carbocycles. The van der Waals surface area contributed by atoms with Gasteiger partial charge in [-0.25, -0.2) is 9.78 Å². The molecule has 2 amide bonds. The van der Waals surface area contributed by atoms with E-state index in [1.54, 1.807) is 23.6 Å². The van der Waals surface area contributed by atoms with E-state index >= 15 is 0 Å². The monoisotopic (exact) mass is 439 g/mol. The Morgan fingerprint density at radius 3 is 2.61 bits per heavy atom. The second kappa shape index (κ2) is 10.4. The van der Waals surface area contributed by atoms with E-state index in [0.29, 0.717) is 10.7 Å². The molecule has 0 saturated carbocycles. The highest BCUT2D eigenvalue weighted by Crippen LogP contribution is 2.20. The summed E-state index contributed by atoms with van der Waals surface area (Å²) in [7, 11) is 0. The number of nitrogens with zero attached hydrogens (tertiary/aromatic N) is 1. The van der Waals surface area contributed by atoms with Crippen LogP contribution in [-0.4, -0.2) is 29.4 Å². The molecule has 0 spiro atoms. The van der Waals surface area contributed by atoms with Crippen LogP contribution in [-0.2, 0) is 27.4 Å². The van der Waals surface area contributed by atoms with Gasteiger partial charge in [0.15, 0.2) is 6.61 Å². The largest absolute Gasteiger partial charge is 0.483 e. The first-order valence-corrected chi connectivity index (χ1v) is 10.3. The van der Waals surface area contributed by atoms with Gasteiger partial charge in [0.2, 0.25) is 5.91 Å². The fraction of sp³-hybridized carbons (Fsp3) is 0.182. The fourth-order valence-corrected chi connectivity index (χ4v) is 3.45. The van der Waals surface area contributed by atoms with Crippen molar-refractivity contribution in [2.45, 2.75) is 20.0 Å². The van der Waals surface area contributed by atoms with Crippen molar-refractivity contribution >= 4 is 34.8 Å². The number of rotatable bonds is 9. The molecule has 0 atom stereocenters. The van der Waals surface area contributed by atoms with Crippen LogP contribution in [0.3, 0.4) is 0 Å². The van der Waals surface area contributed by atoms with Gasteiger partial charge in [0.05, 0.1) is 12.1 Å². The molecule has 0 radical (unpaired) electrons. The molecule has 1 heterocycles. The summed E-state index contributed by atoms with van der Waals surface area (Å²) in [6, 6.07) is 13.9. The smallest absolute Gasteiger partial charge is 0.342 e. The third-order valence-corrected chi connectivity index (χ3v) is 5.06. The topological polar surface area (TPSA) is 121 Å². The van der Waals surface area contributed by atoms with Crippen molar-refractivity contribution in [2.24, 2.45) is 5.73 Å². The van der Waals surface area contributed by atoms with Crippen LogP contribution >= 0.6 is 11.3 Å². The van der Waals surface area contributed by atoms with Gasteiger partial charge in [0.25, 0.3) is 5.91 Å². The number of primary amides is 1. The molecule has 0 saturated heterocycles. The van der Waals surface area contributed by atoms with Gasteiger partial charge in [0.1, 0.15) is 22.9 Å². The van der Waals surface area contributed by atoms with E-state index < -0.39 is 11.9 Å². The lowest BCUT2D eigenvalue weighted by atomic mass is 10.2. The van der Waals surface area contributed by atoms with Gasteiger partial charge in [-0.2, -0.15) is 0 Å². The summed E-state index contributed by atoms with van der Waals surface area (Å²) in [5.74, 6) is -1.23. The lowest BCUT2D eigenvalue weighted by molar-refractivity contribution is -0.120. The van der Waals surface area contributed by atoms with E-state index in [0.717, 1.165) is 11.3 Å². The number of carbonyl (C=O) groups excluding carboxylic acids is 3. The Morgan fingerprint density at radius 1 is 1.10 bits per heavy atom. The summed E-state index contributed by atoms with van der Waals surface area (Å²) in [5.41, 5.74) is 7.52. The number of thiazole rings is 1. The Bertz CT molecular complexity index is 1100. The molecular formula is C22H21N3O5S. The van der Waals surface area contributed by atoms with Gasteiger partial charge in [0, 0.05) is 11.1 Å². The zero-order valence-corrected chi connectivity index (χ0v) is 17.6. The van der Waals surface area contributed by atoms with Crippen LogP contribution in [0.2, 0.25) is 0 Å². The minimum Gasteiger partial charge on any atom is -0.483 e. The van der Waals surface area contributed by atoms with Crippen LogP contribution < -0.4 is 15.8 Å². The molecule has 8 nitrogen and oxygen atoms in total. The van der Waals surface area contributed by atoms with Gasteiger partial charge in [-0.05, 0) is 30.7 Å². The summed E-state index contributed by atoms with van der Waals surface area (Å²) in [6.07, 6.45) is 0.122. The lowest BCUT2D eigenvalue weighted by Crippen LogP contribution is -2.21. The van der Waals surface area contributed by atoms with Crippen LogP contribution in [0, 0.1) is 6.92 Å². The van der Waals surface area contributed by atoms with Crippen LogP contribution in [0.15, 0.2) is 53.9 Å². The fourth-order valence-electron chi connectivity index (χ4n) is 2.67.